The fraction of sp³-hybridized carbons (Fsp3) is 0.385. The van der Waals surface area contributed by atoms with Crippen LogP contribution < -0.4 is 5.69 Å². The molecule has 1 N–H and O–H groups in total. The number of hydrogen-bond donors (Lipinski definition) is 1. The normalized spacial score (nSPS) is 17.6. The molecule has 0 aliphatic carbocycles. The zero-order valence-corrected chi connectivity index (χ0v) is 12.3. The van der Waals surface area contributed by atoms with Gasteiger partial charge in [0.2, 0.25) is 0 Å². The molecule has 0 fully saturated rings. The van der Waals surface area contributed by atoms with Crippen molar-refractivity contribution in [3.05, 3.63) is 40.3 Å². The van der Waals surface area contributed by atoms with Crippen molar-refractivity contribution in [2.45, 2.75) is 35.2 Å². The van der Waals surface area contributed by atoms with Crippen LogP contribution in [0.25, 0.3) is 0 Å². The molecule has 2 aromatic rings. The topological polar surface area (TPSA) is 50.7 Å². The minimum Gasteiger partial charge on any atom is -0.270 e. The van der Waals surface area contributed by atoms with E-state index in [0.29, 0.717) is 11.8 Å². The van der Waals surface area contributed by atoms with E-state index in [9.17, 15) is 4.79 Å². The summed E-state index contributed by atoms with van der Waals surface area (Å²) in [6.45, 7) is 2.62. The van der Waals surface area contributed by atoms with Gasteiger partial charge in [0.1, 0.15) is 0 Å². The van der Waals surface area contributed by atoms with E-state index >= 15 is 0 Å². The van der Waals surface area contributed by atoms with Gasteiger partial charge in [0.05, 0.1) is 0 Å². The molecule has 4 nitrogen and oxygen atoms in total. The number of rotatable bonds is 4. The second kappa shape index (κ2) is 5.46. The summed E-state index contributed by atoms with van der Waals surface area (Å²) >= 11 is 3.59. The quantitative estimate of drug-likeness (QED) is 0.880. The zero-order valence-electron chi connectivity index (χ0n) is 10.6. The van der Waals surface area contributed by atoms with Gasteiger partial charge >= 0.3 is 5.69 Å². The third-order valence-corrected chi connectivity index (χ3v) is 5.82. The molecular weight excluding hydrogens is 278 g/mol. The molecule has 1 aromatic heterocycles. The summed E-state index contributed by atoms with van der Waals surface area (Å²) in [7, 11) is 0. The average molecular weight is 293 g/mol. The van der Waals surface area contributed by atoms with Crippen LogP contribution in [-0.2, 0) is 13.0 Å². The predicted molar refractivity (Wildman–Crippen MR) is 79.0 cm³/mol. The molecule has 1 aliphatic rings. The van der Waals surface area contributed by atoms with Gasteiger partial charge in [-0.15, -0.1) is 16.9 Å². The molecule has 0 spiro atoms. The molecule has 2 heterocycles. The standard InChI is InChI=1S/C13H15N3OS2/c1-2-16-12(17)14-15-13(16)18-8-10-7-9-5-3-4-6-11(9)19-10/h3-6,10H,2,7-8H2,1H3,(H,14,17). The molecule has 0 radical (unpaired) electrons. The molecule has 19 heavy (non-hydrogen) atoms. The Hall–Kier alpha value is -1.14. The van der Waals surface area contributed by atoms with E-state index in [0.717, 1.165) is 17.3 Å². The van der Waals surface area contributed by atoms with Crippen molar-refractivity contribution in [2.75, 3.05) is 5.75 Å². The summed E-state index contributed by atoms with van der Waals surface area (Å²) in [5, 5.41) is 7.95. The Labute approximate surface area is 120 Å². The fourth-order valence-electron chi connectivity index (χ4n) is 2.21. The van der Waals surface area contributed by atoms with Crippen LogP contribution in [0.3, 0.4) is 0 Å². The van der Waals surface area contributed by atoms with E-state index in [1.807, 2.05) is 18.7 Å². The van der Waals surface area contributed by atoms with Crippen molar-refractivity contribution < 1.29 is 0 Å². The SMILES string of the molecule is CCn1c(SCC2Cc3ccccc3S2)n[nH]c1=O. The van der Waals surface area contributed by atoms with E-state index in [2.05, 4.69) is 34.5 Å². The molecule has 0 amide bonds. The number of thioether (sulfide) groups is 2. The van der Waals surface area contributed by atoms with Crippen LogP contribution in [-0.4, -0.2) is 25.8 Å². The monoisotopic (exact) mass is 293 g/mol. The minimum absolute atomic E-state index is 0.118. The molecule has 6 heteroatoms. The van der Waals surface area contributed by atoms with Crippen LogP contribution in [0.4, 0.5) is 0 Å². The number of nitrogens with zero attached hydrogens (tertiary/aromatic N) is 2. The summed E-state index contributed by atoms with van der Waals surface area (Å²) in [5.74, 6) is 0.976. The van der Waals surface area contributed by atoms with E-state index in [4.69, 9.17) is 0 Å². The first-order valence-electron chi connectivity index (χ1n) is 6.30. The van der Waals surface area contributed by atoms with Gasteiger partial charge in [-0.3, -0.25) is 4.57 Å². The molecule has 1 unspecified atom stereocenters. The highest BCUT2D eigenvalue weighted by atomic mass is 32.2. The number of fused-ring (bicyclic) bond motifs is 1. The lowest BCUT2D eigenvalue weighted by atomic mass is 10.1. The van der Waals surface area contributed by atoms with Gasteiger partial charge in [-0.2, -0.15) is 0 Å². The molecule has 1 aromatic carbocycles. The van der Waals surface area contributed by atoms with Gasteiger partial charge in [-0.25, -0.2) is 9.89 Å². The lowest BCUT2D eigenvalue weighted by molar-refractivity contribution is 0.660. The van der Waals surface area contributed by atoms with Gasteiger partial charge in [-0.1, -0.05) is 30.0 Å². The van der Waals surface area contributed by atoms with Gasteiger partial charge in [0, 0.05) is 22.4 Å². The van der Waals surface area contributed by atoms with Gasteiger partial charge < -0.3 is 0 Å². The summed E-state index contributed by atoms with van der Waals surface area (Å²) in [4.78, 5) is 12.9. The van der Waals surface area contributed by atoms with Gasteiger partial charge in [0.15, 0.2) is 5.16 Å². The van der Waals surface area contributed by atoms with Crippen molar-refractivity contribution >= 4 is 23.5 Å². The van der Waals surface area contributed by atoms with Crippen LogP contribution in [0.2, 0.25) is 0 Å². The minimum atomic E-state index is -0.118. The lowest BCUT2D eigenvalue weighted by Crippen LogP contribution is -2.16. The first-order chi connectivity index (χ1) is 9.28. The predicted octanol–water partition coefficient (Wildman–Crippen LogP) is 2.40. The molecule has 1 aliphatic heterocycles. The summed E-state index contributed by atoms with van der Waals surface area (Å²) in [6, 6.07) is 8.56. The molecular formula is C13H15N3OS2. The Morgan fingerprint density at radius 2 is 2.37 bits per heavy atom. The van der Waals surface area contributed by atoms with Crippen molar-refractivity contribution in [3.63, 3.8) is 0 Å². The Morgan fingerprint density at radius 3 is 3.16 bits per heavy atom. The van der Waals surface area contributed by atoms with E-state index in [1.165, 1.54) is 10.5 Å². The number of nitrogens with one attached hydrogen (secondary N) is 1. The lowest BCUT2D eigenvalue weighted by Gasteiger charge is -2.07. The summed E-state index contributed by atoms with van der Waals surface area (Å²) in [6.07, 6.45) is 1.11. The maximum absolute atomic E-state index is 11.5. The summed E-state index contributed by atoms with van der Waals surface area (Å²) < 4.78 is 1.68. The maximum atomic E-state index is 11.5. The van der Waals surface area contributed by atoms with Crippen molar-refractivity contribution in [1.29, 1.82) is 0 Å². The van der Waals surface area contributed by atoms with Crippen LogP contribution >= 0.6 is 23.5 Å². The van der Waals surface area contributed by atoms with Crippen molar-refractivity contribution in [2.24, 2.45) is 0 Å². The van der Waals surface area contributed by atoms with E-state index < -0.39 is 0 Å². The third kappa shape index (κ3) is 2.60. The number of benzene rings is 1. The Kier molecular flexibility index (Phi) is 3.70. The zero-order chi connectivity index (χ0) is 13.2. The summed E-state index contributed by atoms with van der Waals surface area (Å²) in [5.41, 5.74) is 1.32. The van der Waals surface area contributed by atoms with Crippen LogP contribution in [0.5, 0.6) is 0 Å². The highest BCUT2D eigenvalue weighted by molar-refractivity contribution is 8.03. The molecule has 100 valence electrons. The van der Waals surface area contributed by atoms with Crippen LogP contribution in [0.15, 0.2) is 39.1 Å². The first-order valence-corrected chi connectivity index (χ1v) is 8.17. The first kappa shape index (κ1) is 12.9. The largest absolute Gasteiger partial charge is 0.343 e. The molecule has 0 saturated heterocycles. The van der Waals surface area contributed by atoms with E-state index in [-0.39, 0.29) is 5.69 Å². The highest BCUT2D eigenvalue weighted by Crippen LogP contribution is 2.38. The number of aromatic amines is 1. The Morgan fingerprint density at radius 1 is 1.53 bits per heavy atom. The molecule has 0 bridgehead atoms. The molecule has 0 saturated carbocycles. The third-order valence-electron chi connectivity index (χ3n) is 3.15. The van der Waals surface area contributed by atoms with Gasteiger partial charge in [-0.05, 0) is 25.0 Å². The second-order valence-corrected chi connectivity index (χ2v) is 6.75. The molecule has 3 rings (SSSR count). The van der Waals surface area contributed by atoms with Crippen LogP contribution in [0, 0.1) is 0 Å². The molecule has 1 atom stereocenters. The number of aromatic nitrogens is 3. The Bertz CT molecular complexity index is 610. The fourth-order valence-corrected chi connectivity index (χ4v) is 4.70. The highest BCUT2D eigenvalue weighted by Gasteiger charge is 2.22. The maximum Gasteiger partial charge on any atom is 0.343 e. The second-order valence-electron chi connectivity index (χ2n) is 4.42. The average Bonchev–Trinajstić information content (AvgIpc) is 2.99. The number of H-pyrrole nitrogens is 1. The van der Waals surface area contributed by atoms with Gasteiger partial charge in [0.25, 0.3) is 0 Å². The van der Waals surface area contributed by atoms with Crippen LogP contribution in [0.1, 0.15) is 12.5 Å². The van der Waals surface area contributed by atoms with Crippen molar-refractivity contribution in [1.82, 2.24) is 14.8 Å². The smallest absolute Gasteiger partial charge is 0.270 e. The van der Waals surface area contributed by atoms with E-state index in [1.54, 1.807) is 16.3 Å². The Balaban J connectivity index is 1.64. The number of hydrogen-bond acceptors (Lipinski definition) is 4. The van der Waals surface area contributed by atoms with Crippen molar-refractivity contribution in [3.8, 4) is 0 Å².